The summed E-state index contributed by atoms with van der Waals surface area (Å²) in [4.78, 5) is 5.12. The van der Waals surface area contributed by atoms with Crippen molar-refractivity contribution in [3.05, 3.63) is 35.1 Å². The lowest BCUT2D eigenvalue weighted by Crippen LogP contribution is -2.45. The highest BCUT2D eigenvalue weighted by Crippen LogP contribution is 2.32. The predicted molar refractivity (Wildman–Crippen MR) is 101 cm³/mol. The Hall–Kier alpha value is -1.31. The van der Waals surface area contributed by atoms with Gasteiger partial charge in [0.25, 0.3) is 0 Å². The van der Waals surface area contributed by atoms with Crippen LogP contribution in [0.5, 0.6) is 0 Å². The van der Waals surface area contributed by atoms with Crippen LogP contribution in [0.3, 0.4) is 0 Å². The van der Waals surface area contributed by atoms with E-state index >= 15 is 0 Å². The molecule has 12 heteroatoms. The molecule has 2 rings (SSSR count). The van der Waals surface area contributed by atoms with Gasteiger partial charge in [-0.2, -0.15) is 26.3 Å². The zero-order chi connectivity index (χ0) is 20.2. The van der Waals surface area contributed by atoms with Gasteiger partial charge in [-0.25, -0.2) is 4.39 Å². The van der Waals surface area contributed by atoms with Gasteiger partial charge in [0.1, 0.15) is 5.82 Å². The molecule has 0 amide bonds. The fraction of sp³-hybridized carbons (Fsp3) is 0.562. The quantitative estimate of drug-likeness (QED) is 0.271. The molecule has 1 aliphatic rings. The van der Waals surface area contributed by atoms with Gasteiger partial charge in [-0.15, -0.1) is 24.0 Å². The van der Waals surface area contributed by atoms with Gasteiger partial charge in [0.15, 0.2) is 5.96 Å². The van der Waals surface area contributed by atoms with Crippen LogP contribution in [0.25, 0.3) is 0 Å². The van der Waals surface area contributed by atoms with Gasteiger partial charge in [-0.05, 0) is 24.1 Å². The van der Waals surface area contributed by atoms with E-state index in [-0.39, 0.29) is 61.2 Å². The number of hydrogen-bond donors (Lipinski definition) is 2. The third-order valence-corrected chi connectivity index (χ3v) is 4.06. The molecule has 0 aromatic heterocycles. The number of rotatable bonds is 4. The molecule has 1 saturated heterocycles. The zero-order valence-electron chi connectivity index (χ0n) is 14.8. The van der Waals surface area contributed by atoms with Crippen molar-refractivity contribution in [2.45, 2.75) is 31.4 Å². The number of aliphatic imine (C=N–C) groups is 1. The Morgan fingerprint density at radius 1 is 1.21 bits per heavy atom. The molecule has 0 saturated carbocycles. The van der Waals surface area contributed by atoms with Crippen molar-refractivity contribution in [3.63, 3.8) is 0 Å². The number of benzene rings is 1. The molecule has 1 heterocycles. The van der Waals surface area contributed by atoms with Gasteiger partial charge in [-0.1, -0.05) is 6.07 Å². The topological polar surface area (TPSA) is 39.7 Å². The van der Waals surface area contributed by atoms with Crippen LogP contribution in [-0.4, -0.2) is 49.8 Å². The van der Waals surface area contributed by atoms with E-state index < -0.39 is 30.3 Å². The Kier molecular flexibility index (Phi) is 8.78. The van der Waals surface area contributed by atoms with Gasteiger partial charge in [0.05, 0.1) is 12.1 Å². The minimum atomic E-state index is -4.71. The Labute approximate surface area is 174 Å². The Morgan fingerprint density at radius 2 is 1.89 bits per heavy atom. The Balaban J connectivity index is 0.00000392. The molecule has 0 spiro atoms. The lowest BCUT2D eigenvalue weighted by Gasteiger charge is -2.20. The van der Waals surface area contributed by atoms with Crippen LogP contribution in [0.2, 0.25) is 0 Å². The highest BCUT2D eigenvalue weighted by molar-refractivity contribution is 14.0. The minimum absolute atomic E-state index is 0. The first-order chi connectivity index (χ1) is 12.5. The first-order valence-electron chi connectivity index (χ1n) is 8.10. The summed E-state index contributed by atoms with van der Waals surface area (Å²) >= 11 is 0. The average molecular weight is 528 g/mol. The van der Waals surface area contributed by atoms with E-state index in [2.05, 4.69) is 15.6 Å². The van der Waals surface area contributed by atoms with Crippen LogP contribution in [0.4, 0.5) is 30.7 Å². The lowest BCUT2D eigenvalue weighted by molar-refractivity contribution is -0.143. The normalized spacial score (nSPS) is 18.7. The van der Waals surface area contributed by atoms with Crippen LogP contribution in [0, 0.1) is 5.82 Å². The number of alkyl halides is 6. The van der Waals surface area contributed by atoms with Crippen molar-refractivity contribution in [2.75, 3.05) is 26.7 Å². The first kappa shape index (κ1) is 24.7. The summed E-state index contributed by atoms with van der Waals surface area (Å²) in [6.45, 7) is -0.884. The summed E-state index contributed by atoms with van der Waals surface area (Å²) in [6.07, 6.45) is -8.55. The fourth-order valence-electron chi connectivity index (χ4n) is 2.88. The summed E-state index contributed by atoms with van der Waals surface area (Å²) in [6, 6.07) is 2.06. The smallest absolute Gasteiger partial charge is 0.352 e. The second-order valence-electron chi connectivity index (χ2n) is 6.21. The first-order valence-corrected chi connectivity index (χ1v) is 8.10. The van der Waals surface area contributed by atoms with E-state index in [4.69, 9.17) is 0 Å². The molecule has 1 aliphatic heterocycles. The van der Waals surface area contributed by atoms with E-state index in [0.717, 1.165) is 12.1 Å². The van der Waals surface area contributed by atoms with E-state index in [0.29, 0.717) is 12.5 Å². The maximum absolute atomic E-state index is 13.1. The molecule has 0 bridgehead atoms. The molecular formula is C16H20F7IN4. The molecule has 1 aromatic rings. The van der Waals surface area contributed by atoms with E-state index in [9.17, 15) is 30.7 Å². The van der Waals surface area contributed by atoms with Crippen LogP contribution >= 0.6 is 24.0 Å². The average Bonchev–Trinajstić information content (AvgIpc) is 2.96. The highest BCUT2D eigenvalue weighted by atomic mass is 127. The number of likely N-dealkylation sites (tertiary alicyclic amines) is 1. The molecule has 0 aliphatic carbocycles. The molecule has 0 radical (unpaired) electrons. The zero-order valence-corrected chi connectivity index (χ0v) is 17.1. The molecule has 1 unspecified atom stereocenters. The van der Waals surface area contributed by atoms with Crippen molar-refractivity contribution < 1.29 is 30.7 Å². The largest absolute Gasteiger partial charge is 0.416 e. The summed E-state index contributed by atoms with van der Waals surface area (Å²) < 4.78 is 89.4. The molecule has 1 atom stereocenters. The number of nitrogens with one attached hydrogen (secondary N) is 2. The second kappa shape index (κ2) is 9.94. The summed E-state index contributed by atoms with van der Waals surface area (Å²) in [5.41, 5.74) is -1.26. The number of nitrogens with zero attached hydrogens (tertiary/aromatic N) is 2. The standard InChI is InChI=1S/C16H19F7N4.HI/c1-24-14(26-12-4-5-27(8-12)9-15(18,19)20)25-7-10-2-3-11(17)6-13(10)16(21,22)23;/h2-3,6,12H,4-5,7-9H2,1H3,(H2,24,25,26);1H. The van der Waals surface area contributed by atoms with Crippen LogP contribution in [-0.2, 0) is 12.7 Å². The number of halogens is 8. The van der Waals surface area contributed by atoms with Crippen molar-refractivity contribution in [1.82, 2.24) is 15.5 Å². The second-order valence-corrected chi connectivity index (χ2v) is 6.21. The molecule has 1 fully saturated rings. The van der Waals surface area contributed by atoms with Crippen molar-refractivity contribution in [1.29, 1.82) is 0 Å². The monoisotopic (exact) mass is 528 g/mol. The van der Waals surface area contributed by atoms with Crippen molar-refractivity contribution in [3.8, 4) is 0 Å². The minimum Gasteiger partial charge on any atom is -0.352 e. The van der Waals surface area contributed by atoms with Gasteiger partial charge in [0, 0.05) is 32.7 Å². The molecule has 160 valence electrons. The maximum atomic E-state index is 13.1. The SMILES string of the molecule is CN=C(NCc1ccc(F)cc1C(F)(F)F)NC1CCN(CC(F)(F)F)C1.I. The van der Waals surface area contributed by atoms with Crippen molar-refractivity contribution >= 4 is 29.9 Å². The molecule has 1 aromatic carbocycles. The highest BCUT2D eigenvalue weighted by Gasteiger charge is 2.35. The van der Waals surface area contributed by atoms with E-state index in [1.54, 1.807) is 0 Å². The van der Waals surface area contributed by atoms with Crippen LogP contribution < -0.4 is 10.6 Å². The van der Waals surface area contributed by atoms with Gasteiger partial charge < -0.3 is 10.6 Å². The summed E-state index contributed by atoms with van der Waals surface area (Å²) in [5.74, 6) is -0.837. The van der Waals surface area contributed by atoms with Crippen molar-refractivity contribution in [2.24, 2.45) is 4.99 Å². The summed E-state index contributed by atoms with van der Waals surface area (Å²) in [7, 11) is 1.40. The summed E-state index contributed by atoms with van der Waals surface area (Å²) in [5, 5.41) is 5.58. The third-order valence-electron chi connectivity index (χ3n) is 4.06. The Morgan fingerprint density at radius 3 is 2.46 bits per heavy atom. The molecule has 2 N–H and O–H groups in total. The lowest BCUT2D eigenvalue weighted by atomic mass is 10.1. The molecule has 4 nitrogen and oxygen atoms in total. The van der Waals surface area contributed by atoms with E-state index in [1.807, 2.05) is 0 Å². The fourth-order valence-corrected chi connectivity index (χ4v) is 2.88. The maximum Gasteiger partial charge on any atom is 0.416 e. The number of guanidine groups is 1. The Bertz CT molecular complexity index is 676. The molecule has 28 heavy (non-hydrogen) atoms. The number of hydrogen-bond acceptors (Lipinski definition) is 2. The van der Waals surface area contributed by atoms with Crippen LogP contribution in [0.15, 0.2) is 23.2 Å². The van der Waals surface area contributed by atoms with Crippen LogP contribution in [0.1, 0.15) is 17.5 Å². The van der Waals surface area contributed by atoms with Gasteiger partial charge in [-0.3, -0.25) is 9.89 Å². The van der Waals surface area contributed by atoms with Gasteiger partial charge in [0.2, 0.25) is 0 Å². The predicted octanol–water partition coefficient (Wildman–Crippen LogP) is 3.76. The third kappa shape index (κ3) is 7.60. The van der Waals surface area contributed by atoms with E-state index in [1.165, 1.54) is 11.9 Å². The molecular weight excluding hydrogens is 508 g/mol. The van der Waals surface area contributed by atoms with Gasteiger partial charge >= 0.3 is 12.4 Å².